The first-order chi connectivity index (χ1) is 12.2. The predicted octanol–water partition coefficient (Wildman–Crippen LogP) is 2.28. The van der Waals surface area contributed by atoms with Gasteiger partial charge in [0.2, 0.25) is 0 Å². The van der Waals surface area contributed by atoms with Gasteiger partial charge in [0.25, 0.3) is 0 Å². The number of aliphatic hydroxyl groups is 1. The zero-order valence-corrected chi connectivity index (χ0v) is 15.2. The van der Waals surface area contributed by atoms with Crippen LogP contribution < -0.4 is 10.6 Å². The van der Waals surface area contributed by atoms with Gasteiger partial charge in [-0.3, -0.25) is 4.90 Å². The van der Waals surface area contributed by atoms with Crippen molar-refractivity contribution in [3.8, 4) is 0 Å². The van der Waals surface area contributed by atoms with Gasteiger partial charge in [0, 0.05) is 32.2 Å². The predicted molar refractivity (Wildman–Crippen MR) is 99.4 cm³/mol. The molecule has 1 aromatic rings. The van der Waals surface area contributed by atoms with Gasteiger partial charge in [-0.1, -0.05) is 31.2 Å². The van der Waals surface area contributed by atoms with Crippen LogP contribution in [0.25, 0.3) is 0 Å². The minimum Gasteiger partial charge on any atom is -0.393 e. The molecular weight excluding hydrogens is 314 g/mol. The Morgan fingerprint density at radius 3 is 2.80 bits per heavy atom. The number of nitrogens with zero attached hydrogens (tertiary/aromatic N) is 1. The summed E-state index contributed by atoms with van der Waals surface area (Å²) in [5.41, 5.74) is 2.87. The Labute approximate surface area is 150 Å². The number of hydrogen-bond acceptors (Lipinski definition) is 3. The summed E-state index contributed by atoms with van der Waals surface area (Å²) >= 11 is 0. The second-order valence-electron chi connectivity index (χ2n) is 7.48. The molecule has 1 aliphatic heterocycles. The number of urea groups is 1. The lowest BCUT2D eigenvalue weighted by molar-refractivity contribution is 0.168. The Morgan fingerprint density at radius 2 is 2.08 bits per heavy atom. The minimum atomic E-state index is -0.179. The molecule has 0 radical (unpaired) electrons. The van der Waals surface area contributed by atoms with Crippen molar-refractivity contribution in [2.45, 2.75) is 57.7 Å². The first kappa shape index (κ1) is 18.2. The summed E-state index contributed by atoms with van der Waals surface area (Å²) in [5.74, 6) is 0.418. The standard InChI is InChI=1S/C20H31N3O2/c1-2-18(23-10-9-16-5-3-4-6-17(16)14-23)13-22-20(25)21-12-15-7-8-19(24)11-15/h3-6,15,18-19,24H,2,7-14H2,1H3,(H2,21,22,25). The lowest BCUT2D eigenvalue weighted by Crippen LogP contribution is -2.48. The van der Waals surface area contributed by atoms with E-state index in [-0.39, 0.29) is 12.1 Å². The van der Waals surface area contributed by atoms with E-state index in [1.165, 1.54) is 11.1 Å². The molecule has 1 aromatic carbocycles. The highest BCUT2D eigenvalue weighted by Gasteiger charge is 2.24. The molecule has 0 bridgehead atoms. The maximum atomic E-state index is 12.1. The van der Waals surface area contributed by atoms with Crippen molar-refractivity contribution in [2.24, 2.45) is 5.92 Å². The quantitative estimate of drug-likeness (QED) is 0.741. The van der Waals surface area contributed by atoms with Crippen LogP contribution in [0.2, 0.25) is 0 Å². The smallest absolute Gasteiger partial charge is 0.314 e. The van der Waals surface area contributed by atoms with Gasteiger partial charge in [0.1, 0.15) is 0 Å². The highest BCUT2D eigenvalue weighted by Crippen LogP contribution is 2.24. The molecule has 0 saturated heterocycles. The molecule has 2 amide bonds. The number of aliphatic hydroxyl groups excluding tert-OH is 1. The average Bonchev–Trinajstić information content (AvgIpc) is 3.05. The maximum absolute atomic E-state index is 12.1. The van der Waals surface area contributed by atoms with E-state index in [4.69, 9.17) is 0 Å². The minimum absolute atomic E-state index is 0.0859. The normalized spacial score (nSPS) is 24.6. The van der Waals surface area contributed by atoms with Crippen LogP contribution in [0.4, 0.5) is 4.79 Å². The molecule has 2 aliphatic rings. The summed E-state index contributed by atoms with van der Waals surface area (Å²) in [5, 5.41) is 15.6. The van der Waals surface area contributed by atoms with Gasteiger partial charge >= 0.3 is 6.03 Å². The molecule has 3 N–H and O–H groups in total. The molecule has 0 aromatic heterocycles. The SMILES string of the molecule is CCC(CNC(=O)NCC1CCC(O)C1)N1CCc2ccccc2C1. The number of amides is 2. The largest absolute Gasteiger partial charge is 0.393 e. The second kappa shape index (κ2) is 8.68. The fourth-order valence-corrected chi connectivity index (χ4v) is 4.10. The lowest BCUT2D eigenvalue weighted by Gasteiger charge is -2.35. The number of carbonyl (C=O) groups is 1. The van der Waals surface area contributed by atoms with E-state index in [9.17, 15) is 9.90 Å². The van der Waals surface area contributed by atoms with Crippen molar-refractivity contribution in [1.82, 2.24) is 15.5 Å². The number of hydrogen-bond donors (Lipinski definition) is 3. The maximum Gasteiger partial charge on any atom is 0.314 e. The molecule has 1 aliphatic carbocycles. The molecule has 3 rings (SSSR count). The van der Waals surface area contributed by atoms with Gasteiger partial charge in [-0.25, -0.2) is 4.79 Å². The fraction of sp³-hybridized carbons (Fsp3) is 0.650. The first-order valence-corrected chi connectivity index (χ1v) is 9.66. The Balaban J connectivity index is 1.42. The molecule has 138 valence electrons. The zero-order valence-electron chi connectivity index (χ0n) is 15.2. The molecule has 5 heteroatoms. The number of benzene rings is 1. The topological polar surface area (TPSA) is 64.6 Å². The highest BCUT2D eigenvalue weighted by atomic mass is 16.3. The average molecular weight is 345 g/mol. The summed E-state index contributed by atoms with van der Waals surface area (Å²) < 4.78 is 0. The van der Waals surface area contributed by atoms with Crippen LogP contribution in [-0.4, -0.2) is 47.8 Å². The number of nitrogens with one attached hydrogen (secondary N) is 2. The molecule has 1 saturated carbocycles. The van der Waals surface area contributed by atoms with Gasteiger partial charge < -0.3 is 15.7 Å². The number of rotatable bonds is 6. The fourth-order valence-electron chi connectivity index (χ4n) is 4.10. The van der Waals surface area contributed by atoms with Crippen LogP contribution in [0.5, 0.6) is 0 Å². The van der Waals surface area contributed by atoms with Crippen molar-refractivity contribution < 1.29 is 9.90 Å². The van der Waals surface area contributed by atoms with Crippen LogP contribution in [-0.2, 0) is 13.0 Å². The summed E-state index contributed by atoms with van der Waals surface area (Å²) in [6.45, 7) is 5.55. The van der Waals surface area contributed by atoms with Gasteiger partial charge in [-0.15, -0.1) is 0 Å². The van der Waals surface area contributed by atoms with Gasteiger partial charge in [0.15, 0.2) is 0 Å². The lowest BCUT2D eigenvalue weighted by atomic mass is 9.98. The Bertz CT molecular complexity index is 578. The summed E-state index contributed by atoms with van der Waals surface area (Å²) in [7, 11) is 0. The summed E-state index contributed by atoms with van der Waals surface area (Å²) in [6.07, 6.45) is 4.61. The third-order valence-electron chi connectivity index (χ3n) is 5.71. The third kappa shape index (κ3) is 4.95. The van der Waals surface area contributed by atoms with Crippen LogP contribution in [0, 0.1) is 5.92 Å². The Morgan fingerprint density at radius 1 is 1.28 bits per heavy atom. The second-order valence-corrected chi connectivity index (χ2v) is 7.48. The first-order valence-electron chi connectivity index (χ1n) is 9.66. The van der Waals surface area contributed by atoms with Crippen molar-refractivity contribution in [1.29, 1.82) is 0 Å². The van der Waals surface area contributed by atoms with Gasteiger partial charge in [-0.2, -0.15) is 0 Å². The molecule has 25 heavy (non-hydrogen) atoms. The van der Waals surface area contributed by atoms with Crippen molar-refractivity contribution >= 4 is 6.03 Å². The van der Waals surface area contributed by atoms with Gasteiger partial charge in [0.05, 0.1) is 6.10 Å². The van der Waals surface area contributed by atoms with E-state index in [2.05, 4.69) is 46.7 Å². The van der Waals surface area contributed by atoms with E-state index in [0.29, 0.717) is 25.0 Å². The zero-order chi connectivity index (χ0) is 17.6. The molecular formula is C20H31N3O2. The van der Waals surface area contributed by atoms with Crippen molar-refractivity contribution in [2.75, 3.05) is 19.6 Å². The number of fused-ring (bicyclic) bond motifs is 1. The molecule has 0 spiro atoms. The van der Waals surface area contributed by atoms with Crippen molar-refractivity contribution in [3.05, 3.63) is 35.4 Å². The third-order valence-corrected chi connectivity index (χ3v) is 5.71. The van der Waals surface area contributed by atoms with E-state index >= 15 is 0 Å². The van der Waals surface area contributed by atoms with E-state index < -0.39 is 0 Å². The molecule has 1 fully saturated rings. The Kier molecular flexibility index (Phi) is 6.32. The van der Waals surface area contributed by atoms with Crippen LogP contribution >= 0.6 is 0 Å². The van der Waals surface area contributed by atoms with Gasteiger partial charge in [-0.05, 0) is 49.1 Å². The molecule has 3 atom stereocenters. The highest BCUT2D eigenvalue weighted by molar-refractivity contribution is 5.73. The molecule has 5 nitrogen and oxygen atoms in total. The van der Waals surface area contributed by atoms with Crippen LogP contribution in [0.3, 0.4) is 0 Å². The van der Waals surface area contributed by atoms with Crippen molar-refractivity contribution in [3.63, 3.8) is 0 Å². The Hall–Kier alpha value is -1.59. The van der Waals surface area contributed by atoms with Crippen LogP contribution in [0.15, 0.2) is 24.3 Å². The van der Waals surface area contributed by atoms with E-state index in [0.717, 1.165) is 45.2 Å². The van der Waals surface area contributed by atoms with E-state index in [1.807, 2.05) is 0 Å². The number of carbonyl (C=O) groups excluding carboxylic acids is 1. The summed E-state index contributed by atoms with van der Waals surface area (Å²) in [4.78, 5) is 14.6. The molecule has 1 heterocycles. The molecule has 3 unspecified atom stereocenters. The van der Waals surface area contributed by atoms with Crippen LogP contribution in [0.1, 0.15) is 43.7 Å². The van der Waals surface area contributed by atoms with E-state index in [1.54, 1.807) is 0 Å². The summed E-state index contributed by atoms with van der Waals surface area (Å²) in [6, 6.07) is 8.93. The monoisotopic (exact) mass is 345 g/mol.